The fourth-order valence-electron chi connectivity index (χ4n) is 3.46. The van der Waals surface area contributed by atoms with E-state index in [1.54, 1.807) is 24.3 Å². The topological polar surface area (TPSA) is 73.6 Å². The number of rotatable bonds is 6. The molecule has 1 aromatic rings. The van der Waals surface area contributed by atoms with Gasteiger partial charge in [-0.3, -0.25) is 9.69 Å². The van der Waals surface area contributed by atoms with Gasteiger partial charge in [0, 0.05) is 6.54 Å². The molecule has 1 fully saturated rings. The van der Waals surface area contributed by atoms with Crippen LogP contribution in [0, 0.1) is 11.3 Å². The minimum absolute atomic E-state index is 0.181. The van der Waals surface area contributed by atoms with Crippen molar-refractivity contribution in [2.75, 3.05) is 20.2 Å². The number of hydrogen-bond acceptors (Lipinski definition) is 5. The van der Waals surface area contributed by atoms with E-state index in [4.69, 9.17) is 10.00 Å². The number of nitriles is 1. The second-order valence-electron chi connectivity index (χ2n) is 6.44. The van der Waals surface area contributed by atoms with Gasteiger partial charge in [-0.2, -0.15) is 5.26 Å². The summed E-state index contributed by atoms with van der Waals surface area (Å²) in [4.78, 5) is 14.5. The molecule has 0 bridgehead atoms. The molecule has 1 aromatic carbocycles. The molecule has 1 saturated carbocycles. The number of β-amino-alcohol motifs (C(OH)–C–C–N with tert-alkyl or cyclic N) is 1. The maximum absolute atomic E-state index is 12.6. The summed E-state index contributed by atoms with van der Waals surface area (Å²) in [6, 6.07) is 8.97. The van der Waals surface area contributed by atoms with E-state index in [2.05, 4.69) is 6.07 Å². The first kappa shape index (κ1) is 18.4. The summed E-state index contributed by atoms with van der Waals surface area (Å²) in [6.07, 6.45) is 3.94. The Morgan fingerprint density at radius 3 is 2.50 bits per heavy atom. The van der Waals surface area contributed by atoms with Gasteiger partial charge in [-0.1, -0.05) is 31.4 Å². The summed E-state index contributed by atoms with van der Waals surface area (Å²) in [5.74, 6) is -0.181. The Bertz CT molecular complexity index is 586. The number of carbonyl (C=O) groups excluding carboxylic acids is 1. The van der Waals surface area contributed by atoms with E-state index >= 15 is 0 Å². The Hall–Kier alpha value is -1.90. The molecule has 0 aromatic heterocycles. The number of hydrogen-bond donors (Lipinski definition) is 1. The molecule has 130 valence electrons. The zero-order valence-corrected chi connectivity index (χ0v) is 14.5. The third kappa shape index (κ3) is 3.95. The summed E-state index contributed by atoms with van der Waals surface area (Å²) in [5, 5.41) is 19.4. The van der Waals surface area contributed by atoms with Crippen LogP contribution in [0.5, 0.6) is 0 Å². The van der Waals surface area contributed by atoms with Crippen LogP contribution in [0.15, 0.2) is 24.3 Å². The zero-order valence-electron chi connectivity index (χ0n) is 14.5. The van der Waals surface area contributed by atoms with E-state index in [1.165, 1.54) is 0 Å². The lowest BCUT2D eigenvalue weighted by molar-refractivity contribution is -0.160. The van der Waals surface area contributed by atoms with Crippen LogP contribution >= 0.6 is 0 Å². The number of likely N-dealkylation sites (N-methyl/N-ethyl adjacent to an activating group) is 1. The monoisotopic (exact) mass is 330 g/mol. The number of benzene rings is 1. The Morgan fingerprint density at radius 2 is 1.96 bits per heavy atom. The molecule has 0 heterocycles. The minimum atomic E-state index is -0.712. The van der Waals surface area contributed by atoms with Crippen molar-refractivity contribution >= 4 is 5.97 Å². The second kappa shape index (κ2) is 8.27. The molecule has 0 radical (unpaired) electrons. The highest BCUT2D eigenvalue weighted by Crippen LogP contribution is 2.35. The van der Waals surface area contributed by atoms with Crippen molar-refractivity contribution in [1.29, 1.82) is 5.26 Å². The highest BCUT2D eigenvalue weighted by molar-refractivity contribution is 5.81. The molecule has 1 aliphatic rings. The average Bonchev–Trinajstić information content (AvgIpc) is 2.62. The molecule has 2 rings (SSSR count). The van der Waals surface area contributed by atoms with Crippen LogP contribution in [0.1, 0.15) is 56.3 Å². The Morgan fingerprint density at radius 1 is 1.33 bits per heavy atom. The van der Waals surface area contributed by atoms with E-state index in [9.17, 15) is 9.90 Å². The van der Waals surface area contributed by atoms with Crippen LogP contribution < -0.4 is 0 Å². The predicted octanol–water partition coefficient (Wildman–Crippen LogP) is 2.79. The molecule has 0 saturated heterocycles. The van der Waals surface area contributed by atoms with E-state index in [1.807, 2.05) is 18.9 Å². The van der Waals surface area contributed by atoms with Crippen molar-refractivity contribution in [2.45, 2.75) is 50.7 Å². The lowest BCUT2D eigenvalue weighted by atomic mass is 9.80. The van der Waals surface area contributed by atoms with Crippen LogP contribution in [0.25, 0.3) is 0 Å². The van der Waals surface area contributed by atoms with Gasteiger partial charge in [-0.05, 0) is 44.5 Å². The van der Waals surface area contributed by atoms with E-state index in [0.717, 1.165) is 37.7 Å². The predicted molar refractivity (Wildman–Crippen MR) is 91.2 cm³/mol. The normalized spacial score (nSPS) is 18.0. The van der Waals surface area contributed by atoms with Crippen molar-refractivity contribution in [1.82, 2.24) is 4.90 Å². The van der Waals surface area contributed by atoms with Gasteiger partial charge < -0.3 is 9.84 Å². The molecule has 24 heavy (non-hydrogen) atoms. The third-order valence-corrected chi connectivity index (χ3v) is 4.94. The van der Waals surface area contributed by atoms with Gasteiger partial charge in [-0.25, -0.2) is 0 Å². The molecule has 0 spiro atoms. The van der Waals surface area contributed by atoms with Crippen LogP contribution in [0.4, 0.5) is 0 Å². The maximum atomic E-state index is 12.6. The maximum Gasteiger partial charge on any atom is 0.326 e. The molecule has 0 aliphatic heterocycles. The molecule has 0 amide bonds. The SMILES string of the molecule is CCOC(=O)C1(N(C)CC(O)c2ccc(C#N)cc2)CCCCC1. The third-order valence-electron chi connectivity index (χ3n) is 4.94. The van der Waals surface area contributed by atoms with Crippen LogP contribution in [0.3, 0.4) is 0 Å². The van der Waals surface area contributed by atoms with Gasteiger partial charge in [0.25, 0.3) is 0 Å². The standard InChI is InChI=1S/C19H26N2O3/c1-3-24-18(23)19(11-5-4-6-12-19)21(2)14-17(22)16-9-7-15(13-20)8-10-16/h7-10,17,22H,3-6,11-12,14H2,1-2H3. The second-order valence-corrected chi connectivity index (χ2v) is 6.44. The number of aliphatic hydroxyl groups is 1. The molecule has 5 nitrogen and oxygen atoms in total. The van der Waals surface area contributed by atoms with E-state index < -0.39 is 11.6 Å². The van der Waals surface area contributed by atoms with Gasteiger partial charge in [0.05, 0.1) is 24.3 Å². The zero-order chi connectivity index (χ0) is 17.6. The van der Waals surface area contributed by atoms with Gasteiger partial charge in [0.15, 0.2) is 0 Å². The minimum Gasteiger partial charge on any atom is -0.465 e. The molecule has 1 unspecified atom stereocenters. The number of ether oxygens (including phenoxy) is 1. The lowest BCUT2D eigenvalue weighted by Crippen LogP contribution is -2.55. The van der Waals surface area contributed by atoms with Crippen molar-refractivity contribution in [2.24, 2.45) is 0 Å². The van der Waals surface area contributed by atoms with Crippen LogP contribution in [-0.2, 0) is 9.53 Å². The van der Waals surface area contributed by atoms with E-state index in [0.29, 0.717) is 18.7 Å². The number of aliphatic hydroxyl groups excluding tert-OH is 1. The number of nitrogens with zero attached hydrogens (tertiary/aromatic N) is 2. The molecule has 1 atom stereocenters. The van der Waals surface area contributed by atoms with Gasteiger partial charge >= 0.3 is 5.97 Å². The first-order valence-corrected chi connectivity index (χ1v) is 8.60. The van der Waals surface area contributed by atoms with Crippen LogP contribution in [-0.4, -0.2) is 41.7 Å². The van der Waals surface area contributed by atoms with Crippen molar-refractivity contribution in [3.63, 3.8) is 0 Å². The Labute approximate surface area is 143 Å². The Kier molecular flexibility index (Phi) is 6.36. The van der Waals surface area contributed by atoms with Gasteiger partial charge in [0.2, 0.25) is 0 Å². The fourth-order valence-corrected chi connectivity index (χ4v) is 3.46. The van der Waals surface area contributed by atoms with Crippen LogP contribution in [0.2, 0.25) is 0 Å². The van der Waals surface area contributed by atoms with Crippen molar-refractivity contribution in [3.05, 3.63) is 35.4 Å². The Balaban J connectivity index is 2.12. The summed E-state index contributed by atoms with van der Waals surface area (Å²) in [5.41, 5.74) is 0.673. The molecular weight excluding hydrogens is 304 g/mol. The largest absolute Gasteiger partial charge is 0.465 e. The highest BCUT2D eigenvalue weighted by Gasteiger charge is 2.44. The lowest BCUT2D eigenvalue weighted by Gasteiger charge is -2.43. The first-order chi connectivity index (χ1) is 11.5. The van der Waals surface area contributed by atoms with Crippen molar-refractivity contribution in [3.8, 4) is 6.07 Å². The molecular formula is C19H26N2O3. The van der Waals surface area contributed by atoms with Gasteiger partial charge in [-0.15, -0.1) is 0 Å². The molecule has 1 aliphatic carbocycles. The summed E-state index contributed by atoms with van der Waals surface area (Å²) in [6.45, 7) is 2.54. The molecule has 5 heteroatoms. The number of carbonyl (C=O) groups is 1. The average molecular weight is 330 g/mol. The quantitative estimate of drug-likeness (QED) is 0.812. The number of esters is 1. The summed E-state index contributed by atoms with van der Waals surface area (Å²) >= 11 is 0. The summed E-state index contributed by atoms with van der Waals surface area (Å²) in [7, 11) is 1.88. The smallest absolute Gasteiger partial charge is 0.326 e. The molecule has 1 N–H and O–H groups in total. The first-order valence-electron chi connectivity index (χ1n) is 8.60. The highest BCUT2D eigenvalue weighted by atomic mass is 16.5. The van der Waals surface area contributed by atoms with Crippen molar-refractivity contribution < 1.29 is 14.6 Å². The van der Waals surface area contributed by atoms with E-state index in [-0.39, 0.29) is 5.97 Å². The summed E-state index contributed by atoms with van der Waals surface area (Å²) < 4.78 is 5.33. The van der Waals surface area contributed by atoms with Gasteiger partial charge in [0.1, 0.15) is 5.54 Å². The fraction of sp³-hybridized carbons (Fsp3) is 0.579.